The van der Waals surface area contributed by atoms with Crippen molar-refractivity contribution in [1.29, 1.82) is 0 Å². The monoisotopic (exact) mass is 438 g/mol. The van der Waals surface area contributed by atoms with E-state index < -0.39 is 17.5 Å². The van der Waals surface area contributed by atoms with Crippen LogP contribution in [0.15, 0.2) is 77.3 Å². The molecule has 6 heteroatoms. The van der Waals surface area contributed by atoms with Crippen molar-refractivity contribution in [3.8, 4) is 0 Å². The molecule has 0 atom stereocenters. The average Bonchev–Trinajstić information content (AvgIpc) is 2.69. The van der Waals surface area contributed by atoms with Gasteiger partial charge >= 0.3 is 0 Å². The number of aliphatic imine (C=N–C) groups is 1. The molecule has 0 aromatic heterocycles. The van der Waals surface area contributed by atoms with E-state index in [1.54, 1.807) is 18.2 Å². The lowest BCUT2D eigenvalue weighted by Crippen LogP contribution is -2.13. The van der Waals surface area contributed by atoms with Gasteiger partial charge in [-0.1, -0.05) is 35.4 Å². The molecular formula is C25H21ClF2N2O. The highest BCUT2D eigenvalue weighted by atomic mass is 35.5. The smallest absolute Gasteiger partial charge is 0.255 e. The number of halogens is 3. The first kappa shape index (κ1) is 22.4. The van der Waals surface area contributed by atoms with Gasteiger partial charge in [-0.3, -0.25) is 4.79 Å². The molecule has 158 valence electrons. The number of hydrogen-bond acceptors (Lipinski definition) is 2. The lowest BCUT2D eigenvalue weighted by molar-refractivity contribution is 0.102. The van der Waals surface area contributed by atoms with E-state index in [-0.39, 0.29) is 5.56 Å². The number of anilines is 1. The van der Waals surface area contributed by atoms with Crippen LogP contribution in [0.4, 0.5) is 20.2 Å². The molecule has 0 saturated carbocycles. The summed E-state index contributed by atoms with van der Waals surface area (Å²) >= 11 is 6.45. The maximum Gasteiger partial charge on any atom is 0.255 e. The van der Waals surface area contributed by atoms with Crippen molar-refractivity contribution in [2.45, 2.75) is 20.8 Å². The number of para-hydroxylation sites is 1. The Morgan fingerprint density at radius 3 is 2.32 bits per heavy atom. The largest absolute Gasteiger partial charge is 0.322 e. The maximum atomic E-state index is 13.5. The van der Waals surface area contributed by atoms with Crippen molar-refractivity contribution in [2.75, 3.05) is 5.32 Å². The summed E-state index contributed by atoms with van der Waals surface area (Å²) in [6.07, 6.45) is 1.90. The van der Waals surface area contributed by atoms with Crippen LogP contribution >= 0.6 is 11.6 Å². The minimum absolute atomic E-state index is 0.118. The molecule has 0 aliphatic carbocycles. The Hall–Kier alpha value is -3.31. The van der Waals surface area contributed by atoms with Crippen LogP contribution in [0.3, 0.4) is 0 Å². The van der Waals surface area contributed by atoms with Crippen LogP contribution in [0.5, 0.6) is 0 Å². The molecule has 31 heavy (non-hydrogen) atoms. The molecular weight excluding hydrogens is 418 g/mol. The number of nitrogens with zero attached hydrogens (tertiary/aromatic N) is 1. The number of aryl methyl sites for hydroxylation is 1. The molecule has 0 aliphatic heterocycles. The molecule has 0 heterocycles. The van der Waals surface area contributed by atoms with E-state index in [4.69, 9.17) is 16.6 Å². The van der Waals surface area contributed by atoms with E-state index in [9.17, 15) is 13.6 Å². The van der Waals surface area contributed by atoms with Gasteiger partial charge in [0.05, 0.1) is 16.4 Å². The van der Waals surface area contributed by atoms with Gasteiger partial charge in [-0.05, 0) is 68.8 Å². The zero-order valence-electron chi connectivity index (χ0n) is 17.3. The topological polar surface area (TPSA) is 41.5 Å². The van der Waals surface area contributed by atoms with Gasteiger partial charge in [0, 0.05) is 22.9 Å². The second kappa shape index (κ2) is 9.67. The zero-order chi connectivity index (χ0) is 22.5. The predicted octanol–water partition coefficient (Wildman–Crippen LogP) is 7.27. The minimum atomic E-state index is -0.821. The summed E-state index contributed by atoms with van der Waals surface area (Å²) in [4.78, 5) is 17.3. The Morgan fingerprint density at radius 2 is 1.68 bits per heavy atom. The number of rotatable bonds is 5. The van der Waals surface area contributed by atoms with Crippen LogP contribution in [0.25, 0.3) is 0 Å². The van der Waals surface area contributed by atoms with E-state index in [1.165, 1.54) is 0 Å². The highest BCUT2D eigenvalue weighted by molar-refractivity contribution is 6.35. The summed E-state index contributed by atoms with van der Waals surface area (Å²) < 4.78 is 26.9. The van der Waals surface area contributed by atoms with Gasteiger partial charge < -0.3 is 5.32 Å². The molecule has 1 N–H and O–H groups in total. The standard InChI is InChI=1S/C25H21ClF2N2O/c1-15(2)10-24(30-23-7-5-4-6-16(23)3)21-14-20(8-9-22(21)26)29-25(31)17-11-18(27)13-19(28)12-17/h4-14H,1-3H3,(H,29,31). The van der Waals surface area contributed by atoms with Gasteiger partial charge in [0.1, 0.15) is 11.6 Å². The van der Waals surface area contributed by atoms with E-state index in [1.807, 2.05) is 51.1 Å². The maximum absolute atomic E-state index is 13.5. The average molecular weight is 439 g/mol. The number of carbonyl (C=O) groups excluding carboxylic acids is 1. The molecule has 0 spiro atoms. The number of hydrogen-bond donors (Lipinski definition) is 1. The molecule has 3 rings (SSSR count). The van der Waals surface area contributed by atoms with Crippen molar-refractivity contribution in [3.05, 3.63) is 106 Å². The fraction of sp³-hybridized carbons (Fsp3) is 0.120. The Bertz CT molecular complexity index is 1180. The number of benzene rings is 3. The third-order valence-corrected chi connectivity index (χ3v) is 4.74. The molecule has 0 bridgehead atoms. The SMILES string of the molecule is CC(C)=CC(=Nc1ccccc1C)c1cc(NC(=O)c2cc(F)cc(F)c2)ccc1Cl. The van der Waals surface area contributed by atoms with Gasteiger partial charge in [-0.15, -0.1) is 0 Å². The Balaban J connectivity index is 2.00. The van der Waals surface area contributed by atoms with Crippen LogP contribution in [-0.2, 0) is 0 Å². The van der Waals surface area contributed by atoms with E-state index in [0.717, 1.165) is 29.0 Å². The van der Waals surface area contributed by atoms with Crippen molar-refractivity contribution < 1.29 is 13.6 Å². The van der Waals surface area contributed by atoms with Crippen molar-refractivity contribution in [2.24, 2.45) is 4.99 Å². The number of allylic oxidation sites excluding steroid dienone is 2. The summed E-state index contributed by atoms with van der Waals surface area (Å²) in [5.41, 5.74) is 4.39. The molecule has 3 aromatic rings. The summed E-state index contributed by atoms with van der Waals surface area (Å²) in [5, 5.41) is 3.12. The molecule has 0 fully saturated rings. The Kier molecular flexibility index (Phi) is 6.98. The highest BCUT2D eigenvalue weighted by Gasteiger charge is 2.13. The first-order valence-corrected chi connectivity index (χ1v) is 9.97. The number of carbonyl (C=O) groups is 1. The lowest BCUT2D eigenvalue weighted by Gasteiger charge is -2.11. The molecule has 3 aromatic carbocycles. The minimum Gasteiger partial charge on any atom is -0.322 e. The van der Waals surface area contributed by atoms with Gasteiger partial charge in [0.25, 0.3) is 5.91 Å². The van der Waals surface area contributed by atoms with Crippen LogP contribution < -0.4 is 5.32 Å². The first-order chi connectivity index (χ1) is 14.7. The van der Waals surface area contributed by atoms with Gasteiger partial charge in [0.15, 0.2) is 0 Å². The van der Waals surface area contributed by atoms with Crippen LogP contribution in [0.2, 0.25) is 5.02 Å². The normalized spacial score (nSPS) is 11.2. The summed E-state index contributed by atoms with van der Waals surface area (Å²) in [6.45, 7) is 5.87. The second-order valence-electron chi connectivity index (χ2n) is 7.31. The first-order valence-electron chi connectivity index (χ1n) is 9.59. The molecule has 1 amide bonds. The second-order valence-corrected chi connectivity index (χ2v) is 7.72. The molecule has 0 saturated heterocycles. The summed E-state index contributed by atoms with van der Waals surface area (Å²) in [6, 6.07) is 15.3. The van der Waals surface area contributed by atoms with Crippen LogP contribution in [-0.4, -0.2) is 11.6 Å². The fourth-order valence-corrected chi connectivity index (χ4v) is 3.16. The number of amides is 1. The summed E-state index contributed by atoms with van der Waals surface area (Å²) in [7, 11) is 0. The van der Waals surface area contributed by atoms with Crippen LogP contribution in [0.1, 0.15) is 35.3 Å². The van der Waals surface area contributed by atoms with Crippen molar-refractivity contribution in [3.63, 3.8) is 0 Å². The molecule has 0 aliphatic rings. The quantitative estimate of drug-likeness (QED) is 0.418. The Labute approximate surface area is 185 Å². The van der Waals surface area contributed by atoms with E-state index in [2.05, 4.69) is 5.32 Å². The molecule has 0 radical (unpaired) electrons. The number of nitrogens with one attached hydrogen (secondary N) is 1. The van der Waals surface area contributed by atoms with E-state index >= 15 is 0 Å². The van der Waals surface area contributed by atoms with Gasteiger partial charge in [-0.25, -0.2) is 13.8 Å². The van der Waals surface area contributed by atoms with Gasteiger partial charge in [-0.2, -0.15) is 0 Å². The third kappa shape index (κ3) is 5.86. The predicted molar refractivity (Wildman–Crippen MR) is 123 cm³/mol. The summed E-state index contributed by atoms with van der Waals surface area (Å²) in [5.74, 6) is -2.28. The van der Waals surface area contributed by atoms with Crippen molar-refractivity contribution in [1.82, 2.24) is 0 Å². The molecule has 3 nitrogen and oxygen atoms in total. The lowest BCUT2D eigenvalue weighted by atomic mass is 10.1. The van der Waals surface area contributed by atoms with Gasteiger partial charge in [0.2, 0.25) is 0 Å². The fourth-order valence-electron chi connectivity index (χ4n) is 2.95. The molecule has 0 unspecified atom stereocenters. The van der Waals surface area contributed by atoms with Crippen LogP contribution in [0, 0.1) is 18.6 Å². The van der Waals surface area contributed by atoms with Crippen molar-refractivity contribution >= 4 is 34.6 Å². The highest BCUT2D eigenvalue weighted by Crippen LogP contribution is 2.26. The van der Waals surface area contributed by atoms with E-state index in [0.29, 0.717) is 28.1 Å². The zero-order valence-corrected chi connectivity index (χ0v) is 18.1. The Morgan fingerprint density at radius 1 is 1.00 bits per heavy atom. The third-order valence-electron chi connectivity index (χ3n) is 4.41.